The van der Waals surface area contributed by atoms with Crippen LogP contribution in [0.2, 0.25) is 5.02 Å². The van der Waals surface area contributed by atoms with Gasteiger partial charge in [-0.3, -0.25) is 4.68 Å². The number of nitrogens with zero attached hydrogens (tertiary/aromatic N) is 2. The van der Waals surface area contributed by atoms with E-state index in [1.165, 1.54) is 44.2 Å². The van der Waals surface area contributed by atoms with Crippen molar-refractivity contribution in [3.8, 4) is 0 Å². The van der Waals surface area contributed by atoms with Crippen molar-refractivity contribution < 1.29 is 0 Å². The molecule has 0 radical (unpaired) electrons. The van der Waals surface area contributed by atoms with Crippen LogP contribution < -0.4 is 5.32 Å². The van der Waals surface area contributed by atoms with Gasteiger partial charge in [-0.1, -0.05) is 37.8 Å². The van der Waals surface area contributed by atoms with E-state index in [0.29, 0.717) is 12.0 Å². The van der Waals surface area contributed by atoms with Crippen LogP contribution in [-0.2, 0) is 13.0 Å². The van der Waals surface area contributed by atoms with Crippen molar-refractivity contribution in [2.24, 2.45) is 5.92 Å². The third-order valence-electron chi connectivity index (χ3n) is 4.72. The molecule has 1 fully saturated rings. The van der Waals surface area contributed by atoms with Crippen molar-refractivity contribution in [2.75, 3.05) is 6.54 Å². The summed E-state index contributed by atoms with van der Waals surface area (Å²) in [6.45, 7) is 8.43. The third kappa shape index (κ3) is 4.23. The van der Waals surface area contributed by atoms with E-state index in [1.807, 2.05) is 6.92 Å². The maximum atomic E-state index is 6.50. The second-order valence-electron chi connectivity index (χ2n) is 6.32. The number of hydrogen-bond donors (Lipinski definition) is 1. The lowest BCUT2D eigenvalue weighted by atomic mass is 9.90. The van der Waals surface area contributed by atoms with Crippen LogP contribution in [0.15, 0.2) is 0 Å². The lowest BCUT2D eigenvalue weighted by Crippen LogP contribution is -2.37. The summed E-state index contributed by atoms with van der Waals surface area (Å²) in [5.74, 6) is 0.693. The molecule has 0 bridgehead atoms. The zero-order valence-corrected chi connectivity index (χ0v) is 14.5. The molecule has 0 saturated heterocycles. The Balaban J connectivity index is 2.13. The number of nitrogens with one attached hydrogen (secondary N) is 1. The van der Waals surface area contributed by atoms with Crippen molar-refractivity contribution in [1.29, 1.82) is 0 Å². The Hall–Kier alpha value is -0.540. The van der Waals surface area contributed by atoms with E-state index < -0.39 is 0 Å². The average molecular weight is 312 g/mol. The van der Waals surface area contributed by atoms with Gasteiger partial charge >= 0.3 is 0 Å². The van der Waals surface area contributed by atoms with Gasteiger partial charge in [-0.2, -0.15) is 5.10 Å². The first-order chi connectivity index (χ1) is 10.2. The second-order valence-corrected chi connectivity index (χ2v) is 6.70. The fourth-order valence-corrected chi connectivity index (χ4v) is 3.75. The van der Waals surface area contributed by atoms with Gasteiger partial charge in [0, 0.05) is 12.6 Å². The average Bonchev–Trinajstić information content (AvgIpc) is 2.67. The molecule has 2 atom stereocenters. The molecular weight excluding hydrogens is 282 g/mol. The van der Waals surface area contributed by atoms with Crippen LogP contribution in [0, 0.1) is 12.8 Å². The topological polar surface area (TPSA) is 29.9 Å². The molecule has 0 aromatic carbocycles. The SMILES string of the molecule is CCCNC1CCCCCC1Cc1c(Cl)c(C)nn1CC. The third-order valence-corrected chi connectivity index (χ3v) is 5.22. The summed E-state index contributed by atoms with van der Waals surface area (Å²) in [4.78, 5) is 0. The molecule has 21 heavy (non-hydrogen) atoms. The van der Waals surface area contributed by atoms with Gasteiger partial charge in [0.05, 0.1) is 16.4 Å². The van der Waals surface area contributed by atoms with Gasteiger partial charge in [0.2, 0.25) is 0 Å². The van der Waals surface area contributed by atoms with E-state index in [-0.39, 0.29) is 0 Å². The molecule has 120 valence electrons. The lowest BCUT2D eigenvalue weighted by molar-refractivity contribution is 0.326. The highest BCUT2D eigenvalue weighted by molar-refractivity contribution is 6.31. The van der Waals surface area contributed by atoms with E-state index in [2.05, 4.69) is 28.9 Å². The maximum Gasteiger partial charge on any atom is 0.0847 e. The van der Waals surface area contributed by atoms with Crippen LogP contribution in [0.4, 0.5) is 0 Å². The second kappa shape index (κ2) is 8.19. The molecule has 4 heteroatoms. The molecule has 0 spiro atoms. The Labute approximate surface area is 134 Å². The summed E-state index contributed by atoms with van der Waals surface area (Å²) >= 11 is 6.50. The molecular formula is C17H30ClN3. The standard InChI is InChI=1S/C17H30ClN3/c1-4-11-19-15-10-8-6-7-9-14(15)12-16-17(18)13(3)20-21(16)5-2/h14-15,19H,4-12H2,1-3H3. The number of aryl methyl sites for hydroxylation is 2. The van der Waals surface area contributed by atoms with Crippen LogP contribution >= 0.6 is 11.6 Å². The highest BCUT2D eigenvalue weighted by Gasteiger charge is 2.26. The van der Waals surface area contributed by atoms with Crippen LogP contribution in [-0.4, -0.2) is 22.4 Å². The highest BCUT2D eigenvalue weighted by atomic mass is 35.5. The van der Waals surface area contributed by atoms with Gasteiger partial charge in [-0.15, -0.1) is 0 Å². The first-order valence-corrected chi connectivity index (χ1v) is 9.00. The first-order valence-electron chi connectivity index (χ1n) is 8.62. The fourth-order valence-electron chi connectivity index (χ4n) is 3.54. The molecule has 0 aliphatic heterocycles. The Bertz CT molecular complexity index is 441. The minimum absolute atomic E-state index is 0.643. The first kappa shape index (κ1) is 16.8. The zero-order valence-electron chi connectivity index (χ0n) is 13.8. The number of aromatic nitrogens is 2. The summed E-state index contributed by atoms with van der Waals surface area (Å²) in [6, 6.07) is 0.643. The Kier molecular flexibility index (Phi) is 6.56. The summed E-state index contributed by atoms with van der Waals surface area (Å²) in [5.41, 5.74) is 2.21. The number of halogens is 1. The van der Waals surface area contributed by atoms with Crippen molar-refractivity contribution in [1.82, 2.24) is 15.1 Å². The van der Waals surface area contributed by atoms with Gasteiger partial charge in [-0.05, 0) is 52.0 Å². The zero-order chi connectivity index (χ0) is 15.2. The lowest BCUT2D eigenvalue weighted by Gasteiger charge is -2.26. The summed E-state index contributed by atoms with van der Waals surface area (Å²) in [5, 5.41) is 9.23. The summed E-state index contributed by atoms with van der Waals surface area (Å²) in [6.07, 6.45) is 8.97. The number of hydrogen-bond acceptors (Lipinski definition) is 2. The predicted octanol–water partition coefficient (Wildman–Crippen LogP) is 4.36. The van der Waals surface area contributed by atoms with E-state index in [1.54, 1.807) is 0 Å². The predicted molar refractivity (Wildman–Crippen MR) is 90.0 cm³/mol. The van der Waals surface area contributed by atoms with Crippen molar-refractivity contribution in [3.63, 3.8) is 0 Å². The fraction of sp³-hybridized carbons (Fsp3) is 0.824. The molecule has 3 nitrogen and oxygen atoms in total. The van der Waals surface area contributed by atoms with Crippen LogP contribution in [0.5, 0.6) is 0 Å². The van der Waals surface area contributed by atoms with Gasteiger partial charge < -0.3 is 5.32 Å². The van der Waals surface area contributed by atoms with E-state index in [4.69, 9.17) is 11.6 Å². The molecule has 2 unspecified atom stereocenters. The minimum atomic E-state index is 0.643. The Morgan fingerprint density at radius 1 is 1.24 bits per heavy atom. The van der Waals surface area contributed by atoms with Crippen molar-refractivity contribution in [2.45, 2.75) is 78.3 Å². The summed E-state index contributed by atoms with van der Waals surface area (Å²) in [7, 11) is 0. The Morgan fingerprint density at radius 3 is 2.71 bits per heavy atom. The van der Waals surface area contributed by atoms with Crippen LogP contribution in [0.1, 0.15) is 63.8 Å². The van der Waals surface area contributed by atoms with Crippen LogP contribution in [0.25, 0.3) is 0 Å². The molecule has 1 saturated carbocycles. The quantitative estimate of drug-likeness (QED) is 0.791. The summed E-state index contributed by atoms with van der Waals surface area (Å²) < 4.78 is 2.10. The molecule has 1 aliphatic carbocycles. The van der Waals surface area contributed by atoms with Gasteiger partial charge in [0.15, 0.2) is 0 Å². The monoisotopic (exact) mass is 311 g/mol. The number of rotatable bonds is 6. The molecule has 1 aromatic rings. The van der Waals surface area contributed by atoms with Crippen molar-refractivity contribution in [3.05, 3.63) is 16.4 Å². The van der Waals surface area contributed by atoms with E-state index in [0.717, 1.165) is 30.2 Å². The van der Waals surface area contributed by atoms with Crippen molar-refractivity contribution >= 4 is 11.6 Å². The largest absolute Gasteiger partial charge is 0.314 e. The van der Waals surface area contributed by atoms with Gasteiger partial charge in [-0.25, -0.2) is 0 Å². The maximum absolute atomic E-state index is 6.50. The molecule has 0 amide bonds. The highest BCUT2D eigenvalue weighted by Crippen LogP contribution is 2.30. The minimum Gasteiger partial charge on any atom is -0.314 e. The van der Waals surface area contributed by atoms with Gasteiger partial charge in [0.1, 0.15) is 0 Å². The smallest absolute Gasteiger partial charge is 0.0847 e. The van der Waals surface area contributed by atoms with Gasteiger partial charge in [0.25, 0.3) is 0 Å². The molecule has 1 aromatic heterocycles. The van der Waals surface area contributed by atoms with Crippen LogP contribution in [0.3, 0.4) is 0 Å². The van der Waals surface area contributed by atoms with E-state index in [9.17, 15) is 0 Å². The Morgan fingerprint density at radius 2 is 2.00 bits per heavy atom. The molecule has 1 heterocycles. The van der Waals surface area contributed by atoms with E-state index >= 15 is 0 Å². The molecule has 2 rings (SSSR count). The normalized spacial score (nSPS) is 23.2. The molecule has 1 N–H and O–H groups in total. The molecule has 1 aliphatic rings.